The maximum absolute atomic E-state index is 12.5. The molecule has 0 aliphatic carbocycles. The van der Waals surface area contributed by atoms with Gasteiger partial charge in [-0.25, -0.2) is 4.98 Å². The van der Waals surface area contributed by atoms with E-state index in [1.165, 1.54) is 0 Å². The third kappa shape index (κ3) is 3.04. The lowest BCUT2D eigenvalue weighted by Gasteiger charge is -2.14. The molecule has 116 valence electrons. The first kappa shape index (κ1) is 17.7. The number of hydrogen-bond acceptors (Lipinski definition) is 2. The average Bonchev–Trinajstić information content (AvgIpc) is 2.75. The second-order valence-electron chi connectivity index (χ2n) is 4.68. The minimum absolute atomic E-state index is 0. The van der Waals surface area contributed by atoms with Gasteiger partial charge in [-0.05, 0) is 50.1 Å². The number of aromatic nitrogens is 2. The molecule has 0 saturated carbocycles. The zero-order chi connectivity index (χ0) is 15.1. The number of rotatable bonds is 1. The van der Waals surface area contributed by atoms with E-state index in [4.69, 9.17) is 11.6 Å². The van der Waals surface area contributed by atoms with E-state index in [1.807, 2.05) is 22.8 Å². The fraction of sp³-hybridized carbons (Fsp3) is 0.143. The van der Waals surface area contributed by atoms with Crippen molar-refractivity contribution in [1.29, 1.82) is 0 Å². The number of carbonyl (C=O) groups excluding carboxylic acids is 1. The molecule has 3 rings (SSSR count). The quantitative estimate of drug-likeness (QED) is 0.552. The number of imidazole rings is 1. The molecule has 1 aromatic carbocycles. The first-order valence-electron chi connectivity index (χ1n) is 6.12. The second-order valence-corrected chi connectivity index (χ2v) is 7.86. The van der Waals surface area contributed by atoms with Crippen LogP contribution in [-0.2, 0) is 6.54 Å². The number of carbonyl (C=O) groups is 1. The molecule has 0 N–H and O–H groups in total. The Kier molecular flexibility index (Phi) is 5.53. The third-order valence-corrected chi connectivity index (χ3v) is 4.12. The predicted molar refractivity (Wildman–Crippen MR) is 101 cm³/mol. The number of nitrogens with zero attached hydrogens (tertiary/aromatic N) is 3. The van der Waals surface area contributed by atoms with Crippen LogP contribution in [-0.4, -0.2) is 27.4 Å². The van der Waals surface area contributed by atoms with Crippen LogP contribution in [0.15, 0.2) is 27.9 Å². The normalized spacial score (nSPS) is 12.9. The van der Waals surface area contributed by atoms with E-state index >= 15 is 0 Å². The molecule has 2 heterocycles. The monoisotopic (exact) mass is 509 g/mol. The Labute approximate surface area is 160 Å². The van der Waals surface area contributed by atoms with Crippen molar-refractivity contribution in [3.63, 3.8) is 0 Å². The van der Waals surface area contributed by atoms with Gasteiger partial charge in [-0.3, -0.25) is 9.36 Å². The van der Waals surface area contributed by atoms with E-state index in [0.717, 1.165) is 20.5 Å². The molecule has 0 radical (unpaired) electrons. The maximum Gasteiger partial charge on any atom is 0.257 e. The van der Waals surface area contributed by atoms with Crippen molar-refractivity contribution in [2.45, 2.75) is 6.54 Å². The van der Waals surface area contributed by atoms with Gasteiger partial charge in [0, 0.05) is 7.05 Å². The molecule has 2 aromatic rings. The van der Waals surface area contributed by atoms with Crippen molar-refractivity contribution in [3.8, 4) is 5.69 Å². The first-order chi connectivity index (χ1) is 9.99. The summed E-state index contributed by atoms with van der Waals surface area (Å²) in [5.74, 6) is -0.0906. The van der Waals surface area contributed by atoms with E-state index in [1.54, 1.807) is 24.3 Å². The number of fused-ring (bicyclic) bond motifs is 3. The fourth-order valence-electron chi connectivity index (χ4n) is 2.39. The molecule has 1 aliphatic rings. The van der Waals surface area contributed by atoms with Gasteiger partial charge in [-0.1, -0.05) is 17.7 Å². The number of halogens is 4. The molecule has 8 heteroatoms. The lowest BCUT2D eigenvalue weighted by Crippen LogP contribution is -2.25. The lowest BCUT2D eigenvalue weighted by molar-refractivity contribution is 0.0788. The Morgan fingerprint density at radius 3 is 2.82 bits per heavy atom. The van der Waals surface area contributed by atoms with Crippen LogP contribution in [0.25, 0.3) is 11.8 Å². The van der Waals surface area contributed by atoms with Crippen LogP contribution in [0.4, 0.5) is 0 Å². The largest absolute Gasteiger partial charge is 0.336 e. The summed E-state index contributed by atoms with van der Waals surface area (Å²) in [5.41, 5.74) is 2.99. The van der Waals surface area contributed by atoms with E-state index in [-0.39, 0.29) is 22.9 Å². The van der Waals surface area contributed by atoms with Crippen molar-refractivity contribution in [2.75, 3.05) is 7.05 Å². The molecule has 0 unspecified atom stereocenters. The molecule has 0 bridgehead atoms. The summed E-state index contributed by atoms with van der Waals surface area (Å²) < 4.78 is 2.71. The molecule has 1 aromatic heterocycles. The Balaban J connectivity index is 0.00000176. The minimum atomic E-state index is -0.0906. The van der Waals surface area contributed by atoms with Crippen molar-refractivity contribution < 1.29 is 4.79 Å². The zero-order valence-electron chi connectivity index (χ0n) is 11.4. The van der Waals surface area contributed by atoms with Crippen LogP contribution in [0.5, 0.6) is 0 Å². The SMILES string of the molecule is Br.CN1Cc2c(C=C(Br)Br)ncn2-c2cccc(Cl)c2C1=O. The molecular formula is C14H11Br3ClN3O. The highest BCUT2D eigenvalue weighted by atomic mass is 79.9. The summed E-state index contributed by atoms with van der Waals surface area (Å²) in [7, 11) is 1.76. The highest BCUT2D eigenvalue weighted by Gasteiger charge is 2.27. The van der Waals surface area contributed by atoms with Gasteiger partial charge in [0.2, 0.25) is 0 Å². The van der Waals surface area contributed by atoms with Crippen molar-refractivity contribution >= 4 is 72.4 Å². The van der Waals surface area contributed by atoms with Gasteiger partial charge in [-0.15, -0.1) is 17.0 Å². The molecular weight excluding hydrogens is 501 g/mol. The van der Waals surface area contributed by atoms with Crippen LogP contribution in [0, 0.1) is 0 Å². The molecule has 4 nitrogen and oxygen atoms in total. The number of benzene rings is 1. The molecule has 1 aliphatic heterocycles. The fourth-order valence-corrected chi connectivity index (χ4v) is 3.07. The lowest BCUT2D eigenvalue weighted by atomic mass is 10.1. The maximum atomic E-state index is 12.5. The van der Waals surface area contributed by atoms with E-state index in [9.17, 15) is 4.79 Å². The summed E-state index contributed by atoms with van der Waals surface area (Å²) in [6.07, 6.45) is 3.57. The standard InChI is InChI=1S/C14H10Br2ClN3O.BrH/c1-19-6-11-9(5-12(15)16)18-7-20(11)10-4-2-3-8(17)13(10)14(19)21;/h2-5,7H,6H2,1H3;1H. The van der Waals surface area contributed by atoms with Gasteiger partial charge in [0.15, 0.2) is 0 Å². The van der Waals surface area contributed by atoms with Crippen LogP contribution in [0.3, 0.4) is 0 Å². The Morgan fingerprint density at radius 1 is 1.41 bits per heavy atom. The molecule has 0 atom stereocenters. The summed E-state index contributed by atoms with van der Waals surface area (Å²) in [6.45, 7) is 0.461. The van der Waals surface area contributed by atoms with Gasteiger partial charge in [0.05, 0.1) is 37.6 Å². The van der Waals surface area contributed by atoms with Crippen LogP contribution >= 0.6 is 60.4 Å². The zero-order valence-corrected chi connectivity index (χ0v) is 17.0. The van der Waals surface area contributed by atoms with Gasteiger partial charge < -0.3 is 4.90 Å². The van der Waals surface area contributed by atoms with Gasteiger partial charge >= 0.3 is 0 Å². The molecule has 22 heavy (non-hydrogen) atoms. The molecule has 0 fully saturated rings. The number of hydrogen-bond donors (Lipinski definition) is 0. The molecule has 0 saturated heterocycles. The Morgan fingerprint density at radius 2 is 2.14 bits per heavy atom. The minimum Gasteiger partial charge on any atom is -0.336 e. The van der Waals surface area contributed by atoms with Gasteiger partial charge in [0.25, 0.3) is 5.91 Å². The topological polar surface area (TPSA) is 38.1 Å². The summed E-state index contributed by atoms with van der Waals surface area (Å²) in [5, 5.41) is 0.449. The summed E-state index contributed by atoms with van der Waals surface area (Å²) in [6, 6.07) is 5.43. The smallest absolute Gasteiger partial charge is 0.257 e. The second kappa shape index (κ2) is 6.86. The number of amides is 1. The van der Waals surface area contributed by atoms with Crippen molar-refractivity contribution in [3.05, 3.63) is 49.9 Å². The molecule has 0 spiro atoms. The highest BCUT2D eigenvalue weighted by molar-refractivity contribution is 9.28. The van der Waals surface area contributed by atoms with E-state index < -0.39 is 0 Å². The van der Waals surface area contributed by atoms with Gasteiger partial charge in [0.1, 0.15) is 6.33 Å². The van der Waals surface area contributed by atoms with Gasteiger partial charge in [-0.2, -0.15) is 0 Å². The predicted octanol–water partition coefficient (Wildman–Crippen LogP) is 4.78. The summed E-state index contributed by atoms with van der Waals surface area (Å²) in [4.78, 5) is 18.6. The van der Waals surface area contributed by atoms with Crippen LogP contribution in [0.1, 0.15) is 21.7 Å². The first-order valence-corrected chi connectivity index (χ1v) is 8.08. The molecule has 1 amide bonds. The average molecular weight is 512 g/mol. The van der Waals surface area contributed by atoms with Crippen LogP contribution < -0.4 is 0 Å². The highest BCUT2D eigenvalue weighted by Crippen LogP contribution is 2.31. The van der Waals surface area contributed by atoms with Crippen molar-refractivity contribution in [2.24, 2.45) is 0 Å². The summed E-state index contributed by atoms with van der Waals surface area (Å²) >= 11 is 12.9. The van der Waals surface area contributed by atoms with Crippen LogP contribution in [0.2, 0.25) is 5.02 Å². The third-order valence-electron chi connectivity index (χ3n) is 3.34. The van der Waals surface area contributed by atoms with Crippen molar-refractivity contribution in [1.82, 2.24) is 14.5 Å². The van der Waals surface area contributed by atoms with E-state index in [0.29, 0.717) is 17.1 Å². The van der Waals surface area contributed by atoms with E-state index in [2.05, 4.69) is 36.8 Å². The Bertz CT molecular complexity index is 769. The Hall–Kier alpha value is -0.630.